The number of hydrogen-bond acceptors (Lipinski definition) is 4. The van der Waals surface area contributed by atoms with Gasteiger partial charge in [0.2, 0.25) is 0 Å². The largest absolute Gasteiger partial charge is 0.498 e. The van der Waals surface area contributed by atoms with Crippen molar-refractivity contribution >= 4 is 12.6 Å². The van der Waals surface area contributed by atoms with Crippen molar-refractivity contribution in [2.75, 3.05) is 14.2 Å². The molecule has 0 radical (unpaired) electrons. The van der Waals surface area contributed by atoms with Gasteiger partial charge in [-0.15, -0.1) is 0 Å². The van der Waals surface area contributed by atoms with E-state index in [1.807, 2.05) is 6.07 Å². The molecule has 5 heteroatoms. The highest BCUT2D eigenvalue weighted by atomic mass is 16.7. The molecule has 0 bridgehead atoms. The van der Waals surface area contributed by atoms with Crippen LogP contribution in [0.5, 0.6) is 5.75 Å². The van der Waals surface area contributed by atoms with E-state index in [-0.39, 0.29) is 11.2 Å². The maximum absolute atomic E-state index is 6.26. The van der Waals surface area contributed by atoms with Gasteiger partial charge >= 0.3 is 7.12 Å². The van der Waals surface area contributed by atoms with E-state index in [0.717, 1.165) is 23.7 Å². The minimum absolute atomic E-state index is 0.353. The molecule has 1 aromatic carbocycles. The lowest BCUT2D eigenvalue weighted by molar-refractivity contribution is 0.00578. The molecule has 1 aliphatic heterocycles. The molecule has 1 aromatic rings. The quantitative estimate of drug-likeness (QED) is 0.730. The zero-order chi connectivity index (χ0) is 19.8. The zero-order valence-corrected chi connectivity index (χ0v) is 18.2. The molecule has 1 saturated heterocycles. The Morgan fingerprint density at radius 1 is 1.07 bits per heavy atom. The van der Waals surface area contributed by atoms with Crippen molar-refractivity contribution in [1.82, 2.24) is 4.90 Å². The normalized spacial score (nSPS) is 27.2. The van der Waals surface area contributed by atoms with Crippen molar-refractivity contribution in [1.29, 1.82) is 0 Å². The number of hydrogen-bond donors (Lipinski definition) is 0. The van der Waals surface area contributed by atoms with Gasteiger partial charge in [0.25, 0.3) is 0 Å². The number of methoxy groups -OCH3 is 1. The Bertz CT molecular complexity index is 637. The SMILES string of the molecule is COc1ccc(CN(C)C2CCC(C)CC2)cc1B1OC(C)(C)C(C)(C)O1. The summed E-state index contributed by atoms with van der Waals surface area (Å²) >= 11 is 0. The summed E-state index contributed by atoms with van der Waals surface area (Å²) in [6.45, 7) is 11.6. The van der Waals surface area contributed by atoms with Crippen LogP contribution in [0.4, 0.5) is 0 Å². The summed E-state index contributed by atoms with van der Waals surface area (Å²) < 4.78 is 18.1. The van der Waals surface area contributed by atoms with Gasteiger partial charge in [-0.1, -0.05) is 19.1 Å². The summed E-state index contributed by atoms with van der Waals surface area (Å²) in [5.74, 6) is 1.71. The second-order valence-electron chi connectivity index (χ2n) is 9.49. The Morgan fingerprint density at radius 2 is 1.67 bits per heavy atom. The zero-order valence-electron chi connectivity index (χ0n) is 18.2. The van der Waals surface area contributed by atoms with Crippen LogP contribution in [-0.2, 0) is 15.9 Å². The van der Waals surface area contributed by atoms with Crippen LogP contribution in [-0.4, -0.2) is 43.4 Å². The van der Waals surface area contributed by atoms with E-state index in [2.05, 4.69) is 58.7 Å². The predicted molar refractivity (Wildman–Crippen MR) is 112 cm³/mol. The van der Waals surface area contributed by atoms with E-state index in [0.29, 0.717) is 6.04 Å². The molecule has 2 fully saturated rings. The molecule has 150 valence electrons. The summed E-state index contributed by atoms with van der Waals surface area (Å²) in [5.41, 5.74) is 1.56. The van der Waals surface area contributed by atoms with Crippen molar-refractivity contribution < 1.29 is 14.0 Å². The van der Waals surface area contributed by atoms with Crippen molar-refractivity contribution in [2.24, 2.45) is 5.92 Å². The number of nitrogens with zero attached hydrogens (tertiary/aromatic N) is 1. The number of benzene rings is 1. The van der Waals surface area contributed by atoms with Crippen molar-refractivity contribution in [2.45, 2.75) is 84.1 Å². The first kappa shape index (κ1) is 20.7. The van der Waals surface area contributed by atoms with Crippen molar-refractivity contribution in [3.05, 3.63) is 23.8 Å². The van der Waals surface area contributed by atoms with Gasteiger partial charge in [-0.3, -0.25) is 4.90 Å². The summed E-state index contributed by atoms with van der Waals surface area (Å²) in [5, 5.41) is 0. The molecule has 2 aliphatic rings. The molecule has 0 aromatic heterocycles. The van der Waals surface area contributed by atoms with Crippen LogP contribution in [0.15, 0.2) is 18.2 Å². The Morgan fingerprint density at radius 3 is 2.22 bits per heavy atom. The average Bonchev–Trinajstić information content (AvgIpc) is 2.83. The fourth-order valence-corrected chi connectivity index (χ4v) is 4.14. The second kappa shape index (κ2) is 7.77. The van der Waals surface area contributed by atoms with Gasteiger partial charge in [-0.25, -0.2) is 0 Å². The first-order chi connectivity index (χ1) is 12.6. The first-order valence-corrected chi connectivity index (χ1v) is 10.4. The fraction of sp³-hybridized carbons (Fsp3) is 0.727. The molecule has 27 heavy (non-hydrogen) atoms. The van der Waals surface area contributed by atoms with Crippen LogP contribution in [0.1, 0.15) is 65.9 Å². The number of rotatable bonds is 5. The lowest BCUT2D eigenvalue weighted by Crippen LogP contribution is -2.41. The Balaban J connectivity index is 1.76. The van der Waals surface area contributed by atoms with E-state index in [9.17, 15) is 0 Å². The minimum atomic E-state index is -0.397. The van der Waals surface area contributed by atoms with E-state index in [1.54, 1.807) is 7.11 Å². The van der Waals surface area contributed by atoms with Crippen LogP contribution in [0.3, 0.4) is 0 Å². The standard InChI is InChI=1S/C22H36BNO3/c1-16-8-11-18(12-9-16)24(6)15-17-10-13-20(25-7)19(14-17)23-26-21(2,3)22(4,5)27-23/h10,13-14,16,18H,8-9,11-12,15H2,1-7H3. The molecular formula is C22H36BNO3. The minimum Gasteiger partial charge on any atom is -0.497 e. The molecule has 1 heterocycles. The molecule has 0 spiro atoms. The fourth-order valence-electron chi connectivity index (χ4n) is 4.14. The third-order valence-corrected chi connectivity index (χ3v) is 6.84. The Hall–Kier alpha value is -1.04. The molecule has 0 amide bonds. The first-order valence-electron chi connectivity index (χ1n) is 10.4. The lowest BCUT2D eigenvalue weighted by atomic mass is 9.77. The number of ether oxygens (including phenoxy) is 1. The van der Waals surface area contributed by atoms with Crippen molar-refractivity contribution in [3.8, 4) is 5.75 Å². The molecule has 0 atom stereocenters. The molecule has 3 rings (SSSR count). The van der Waals surface area contributed by atoms with Crippen molar-refractivity contribution in [3.63, 3.8) is 0 Å². The summed E-state index contributed by atoms with van der Waals surface area (Å²) in [4.78, 5) is 2.50. The summed E-state index contributed by atoms with van der Waals surface area (Å²) in [6, 6.07) is 7.09. The van der Waals surface area contributed by atoms with Gasteiger partial charge in [0, 0.05) is 18.0 Å². The summed E-state index contributed by atoms with van der Waals surface area (Å²) in [6.07, 6.45) is 5.30. The molecule has 0 N–H and O–H groups in total. The predicted octanol–water partition coefficient (Wildman–Crippen LogP) is 4.00. The van der Waals surface area contributed by atoms with Crippen LogP contribution >= 0.6 is 0 Å². The molecule has 1 aliphatic carbocycles. The smallest absolute Gasteiger partial charge is 0.497 e. The van der Waals surface area contributed by atoms with Gasteiger partial charge in [0.1, 0.15) is 5.75 Å². The third-order valence-electron chi connectivity index (χ3n) is 6.84. The van der Waals surface area contributed by atoms with Gasteiger partial charge < -0.3 is 14.0 Å². The lowest BCUT2D eigenvalue weighted by Gasteiger charge is -2.33. The maximum Gasteiger partial charge on any atom is 0.498 e. The molecule has 0 unspecified atom stereocenters. The highest BCUT2D eigenvalue weighted by Crippen LogP contribution is 2.37. The topological polar surface area (TPSA) is 30.9 Å². The van der Waals surface area contributed by atoms with Gasteiger partial charge in [0.15, 0.2) is 0 Å². The average molecular weight is 373 g/mol. The van der Waals surface area contributed by atoms with Crippen LogP contribution in [0.25, 0.3) is 0 Å². The van der Waals surface area contributed by atoms with Crippen LogP contribution < -0.4 is 10.2 Å². The Labute approximate surface area is 165 Å². The van der Waals surface area contributed by atoms with Gasteiger partial charge in [-0.2, -0.15) is 0 Å². The third kappa shape index (κ3) is 4.36. The highest BCUT2D eigenvalue weighted by molar-refractivity contribution is 6.63. The molecule has 1 saturated carbocycles. The van der Waals surface area contributed by atoms with Gasteiger partial charge in [-0.05, 0) is 78.0 Å². The van der Waals surface area contributed by atoms with E-state index in [4.69, 9.17) is 14.0 Å². The van der Waals surface area contributed by atoms with Gasteiger partial charge in [0.05, 0.1) is 18.3 Å². The van der Waals surface area contributed by atoms with E-state index < -0.39 is 7.12 Å². The van der Waals surface area contributed by atoms with E-state index >= 15 is 0 Å². The second-order valence-corrected chi connectivity index (χ2v) is 9.49. The maximum atomic E-state index is 6.26. The monoisotopic (exact) mass is 373 g/mol. The highest BCUT2D eigenvalue weighted by Gasteiger charge is 2.52. The summed E-state index contributed by atoms with van der Waals surface area (Å²) in [7, 11) is 3.56. The van der Waals surface area contributed by atoms with Crippen LogP contribution in [0.2, 0.25) is 0 Å². The molecular weight excluding hydrogens is 337 g/mol. The van der Waals surface area contributed by atoms with E-state index in [1.165, 1.54) is 31.2 Å². The van der Waals surface area contributed by atoms with Crippen LogP contribution in [0, 0.1) is 5.92 Å². The Kier molecular flexibility index (Phi) is 5.95. The molecule has 4 nitrogen and oxygen atoms in total.